The minimum atomic E-state index is -1.92. The van der Waals surface area contributed by atoms with Gasteiger partial charge >= 0.3 is 0 Å². The van der Waals surface area contributed by atoms with E-state index in [4.69, 9.17) is 8.85 Å². The maximum absolute atomic E-state index is 7.29. The van der Waals surface area contributed by atoms with E-state index in [1.807, 2.05) is 0 Å². The van der Waals surface area contributed by atoms with Gasteiger partial charge in [0.05, 0.1) is 12.7 Å². The molecule has 0 N–H and O–H groups in total. The van der Waals surface area contributed by atoms with Gasteiger partial charge in [0.2, 0.25) is 8.32 Å². The van der Waals surface area contributed by atoms with Crippen LogP contribution in [0.4, 0.5) is 0 Å². The molecule has 35 heavy (non-hydrogen) atoms. The Bertz CT molecular complexity index is 621. The van der Waals surface area contributed by atoms with Crippen molar-refractivity contribution in [3.8, 4) is 0 Å². The molecule has 0 radical (unpaired) electrons. The third kappa shape index (κ3) is 10.3. The maximum Gasteiger partial charge on any atom is 0.200 e. The van der Waals surface area contributed by atoms with E-state index in [0.29, 0.717) is 34.4 Å². The van der Waals surface area contributed by atoms with E-state index >= 15 is 0 Å². The molecule has 0 unspecified atom stereocenters. The normalized spacial score (nSPS) is 17.7. The molecular weight excluding hydrogens is 461 g/mol. The summed E-state index contributed by atoms with van der Waals surface area (Å²) < 4.78 is 13.7. The Hall–Kier alpha value is -0.166. The first-order chi connectivity index (χ1) is 15.8. The summed E-state index contributed by atoms with van der Waals surface area (Å²) in [6, 6.07) is 0. The third-order valence-electron chi connectivity index (χ3n) is 8.85. The van der Waals surface area contributed by atoms with Crippen molar-refractivity contribution < 1.29 is 8.85 Å². The van der Waals surface area contributed by atoms with Crippen LogP contribution in [-0.2, 0) is 8.85 Å². The number of rotatable bonds is 16. The van der Waals surface area contributed by atoms with Crippen LogP contribution in [0.15, 0.2) is 24.3 Å². The van der Waals surface area contributed by atoms with Gasteiger partial charge in [0, 0.05) is 0 Å². The summed E-state index contributed by atoms with van der Waals surface area (Å²) in [6.07, 6.45) is 8.47. The highest BCUT2D eigenvalue weighted by Crippen LogP contribution is 2.45. The van der Waals surface area contributed by atoms with Crippen LogP contribution in [0, 0.1) is 17.8 Å². The van der Waals surface area contributed by atoms with Crippen LogP contribution < -0.4 is 0 Å². The molecule has 0 bridgehead atoms. The van der Waals surface area contributed by atoms with Crippen molar-refractivity contribution >= 4 is 16.6 Å². The van der Waals surface area contributed by atoms with E-state index in [9.17, 15) is 0 Å². The number of hydrogen-bond donors (Lipinski definition) is 0. The molecule has 208 valence electrons. The zero-order valence-corrected chi connectivity index (χ0v) is 28.5. The van der Waals surface area contributed by atoms with E-state index in [1.54, 1.807) is 0 Å². The molecule has 0 saturated heterocycles. The lowest BCUT2D eigenvalue weighted by Gasteiger charge is -2.47. The Morgan fingerprint density at radius 3 is 1.74 bits per heavy atom. The van der Waals surface area contributed by atoms with Crippen molar-refractivity contribution in [1.29, 1.82) is 0 Å². The van der Waals surface area contributed by atoms with Gasteiger partial charge in [0.15, 0.2) is 8.32 Å². The first-order valence-corrected chi connectivity index (χ1v) is 19.5. The molecule has 0 rings (SSSR count). The molecule has 0 amide bonds. The molecule has 0 aliphatic rings. The van der Waals surface area contributed by atoms with Crippen LogP contribution in [0.5, 0.6) is 0 Å². The Balaban J connectivity index is 5.17. The highest BCUT2D eigenvalue weighted by atomic mass is 28.4. The maximum atomic E-state index is 7.29. The van der Waals surface area contributed by atoms with E-state index in [-0.39, 0.29) is 11.1 Å². The summed E-state index contributed by atoms with van der Waals surface area (Å²) in [7, 11) is -3.61. The monoisotopic (exact) mass is 524 g/mol. The minimum Gasteiger partial charge on any atom is -0.413 e. The van der Waals surface area contributed by atoms with Crippen LogP contribution in [0.3, 0.4) is 0 Å². The van der Waals surface area contributed by atoms with Gasteiger partial charge in [-0.25, -0.2) is 0 Å². The van der Waals surface area contributed by atoms with Crippen LogP contribution in [-0.4, -0.2) is 29.3 Å². The quantitative estimate of drug-likeness (QED) is 0.148. The zero-order chi connectivity index (χ0) is 27.8. The van der Waals surface area contributed by atoms with Gasteiger partial charge in [-0.15, -0.1) is 6.58 Å². The molecule has 0 aromatic carbocycles. The molecule has 0 heterocycles. The number of allylic oxidation sites excluding steroid dienone is 1. The van der Waals surface area contributed by atoms with Gasteiger partial charge in [-0.2, -0.15) is 0 Å². The molecule has 0 aliphatic carbocycles. The highest BCUT2D eigenvalue weighted by molar-refractivity contribution is 6.77. The predicted molar refractivity (Wildman–Crippen MR) is 164 cm³/mol. The molecule has 0 saturated carbocycles. The van der Waals surface area contributed by atoms with Crippen molar-refractivity contribution in [1.82, 2.24) is 0 Å². The summed E-state index contributed by atoms with van der Waals surface area (Å²) in [4.78, 5) is 0. The molecule has 0 aromatic heterocycles. The zero-order valence-electron chi connectivity index (χ0n) is 26.5. The first kappa shape index (κ1) is 34.8. The summed E-state index contributed by atoms with van der Waals surface area (Å²) in [5.41, 5.74) is 3.20. The predicted octanol–water partition coefficient (Wildman–Crippen LogP) is 10.8. The molecule has 0 aliphatic heterocycles. The first-order valence-electron chi connectivity index (χ1n) is 14.4. The van der Waals surface area contributed by atoms with Gasteiger partial charge in [-0.05, 0) is 72.3 Å². The second kappa shape index (κ2) is 14.7. The summed E-state index contributed by atoms with van der Waals surface area (Å²) in [6.45, 7) is 40.1. The smallest absolute Gasteiger partial charge is 0.200 e. The highest BCUT2D eigenvalue weighted by Gasteiger charge is 2.47. The van der Waals surface area contributed by atoms with Crippen LogP contribution in [0.1, 0.15) is 109 Å². The Labute approximate surface area is 224 Å². The van der Waals surface area contributed by atoms with Gasteiger partial charge in [-0.1, -0.05) is 107 Å². The van der Waals surface area contributed by atoms with Crippen molar-refractivity contribution in [2.45, 2.75) is 150 Å². The van der Waals surface area contributed by atoms with Crippen molar-refractivity contribution in [3.63, 3.8) is 0 Å². The molecule has 4 atom stereocenters. The van der Waals surface area contributed by atoms with E-state index < -0.39 is 16.6 Å². The fourth-order valence-electron chi connectivity index (χ4n) is 5.57. The summed E-state index contributed by atoms with van der Waals surface area (Å²) >= 11 is 0. The fourth-order valence-corrected chi connectivity index (χ4v) is 12.3. The van der Waals surface area contributed by atoms with Crippen LogP contribution in [0.25, 0.3) is 0 Å². The topological polar surface area (TPSA) is 18.5 Å². The molecule has 0 spiro atoms. The second-order valence-corrected chi connectivity index (χ2v) is 24.2. The van der Waals surface area contributed by atoms with Crippen molar-refractivity contribution in [3.05, 3.63) is 24.3 Å². The Morgan fingerprint density at radius 2 is 1.34 bits per heavy atom. The van der Waals surface area contributed by atoms with Gasteiger partial charge < -0.3 is 8.85 Å². The van der Waals surface area contributed by atoms with E-state index in [1.165, 1.54) is 24.8 Å². The molecule has 0 fully saturated rings. The average molecular weight is 525 g/mol. The molecule has 0 aromatic rings. The standard InChI is InChI=1S/C31H64O2Si2/c1-17-28(10)30(33-35(23(2)3,24(4)5)25(6)7)29(11)20-18-19-26(8)21-27(9)22-32-34(15,16)31(12,13)14/h17,21,23-26,28-30H,1,18-20,22H2,2-16H3/b27-21+/t26-,28+,29-,30+/m0/s1. The van der Waals surface area contributed by atoms with Crippen LogP contribution >= 0.6 is 0 Å². The van der Waals surface area contributed by atoms with E-state index in [0.717, 1.165) is 6.61 Å². The summed E-state index contributed by atoms with van der Waals surface area (Å²) in [5.74, 6) is 1.49. The summed E-state index contributed by atoms with van der Waals surface area (Å²) in [5, 5.41) is 0.261. The minimum absolute atomic E-state index is 0.261. The van der Waals surface area contributed by atoms with Gasteiger partial charge in [0.25, 0.3) is 0 Å². The molecular formula is C31H64O2Si2. The van der Waals surface area contributed by atoms with E-state index in [2.05, 4.69) is 122 Å². The van der Waals surface area contributed by atoms with Gasteiger partial charge in [-0.3, -0.25) is 0 Å². The van der Waals surface area contributed by atoms with Gasteiger partial charge in [0.1, 0.15) is 0 Å². The second-order valence-electron chi connectivity index (χ2n) is 13.9. The Morgan fingerprint density at radius 1 is 0.857 bits per heavy atom. The fraction of sp³-hybridized carbons (Fsp3) is 0.871. The SMILES string of the molecule is C=C[C@@H](C)[C@@H](O[Si](C(C)C)(C(C)C)C(C)C)[C@@H](C)CCC[C@H](C)/C=C(\C)CO[Si](C)(C)C(C)(C)C. The largest absolute Gasteiger partial charge is 0.413 e. The Kier molecular flexibility index (Phi) is 14.6. The lowest BCUT2D eigenvalue weighted by molar-refractivity contribution is 0.0824. The van der Waals surface area contributed by atoms with Crippen molar-refractivity contribution in [2.24, 2.45) is 17.8 Å². The molecule has 2 nitrogen and oxygen atoms in total. The lowest BCUT2D eigenvalue weighted by atomic mass is 9.88. The van der Waals surface area contributed by atoms with Crippen LogP contribution in [0.2, 0.25) is 34.8 Å². The lowest BCUT2D eigenvalue weighted by Crippen LogP contribution is -2.52. The number of hydrogen-bond acceptors (Lipinski definition) is 2. The third-order valence-corrected chi connectivity index (χ3v) is 19.4. The molecule has 4 heteroatoms. The average Bonchev–Trinajstić information content (AvgIpc) is 2.70. The van der Waals surface area contributed by atoms with Crippen molar-refractivity contribution in [2.75, 3.05) is 6.61 Å².